The Morgan fingerprint density at radius 2 is 2.04 bits per heavy atom. The van der Waals surface area contributed by atoms with E-state index in [-0.39, 0.29) is 12.0 Å². The van der Waals surface area contributed by atoms with Crippen LogP contribution < -0.4 is 4.74 Å². The van der Waals surface area contributed by atoms with Crippen LogP contribution >= 0.6 is 0 Å². The number of hydrogen-bond acceptors (Lipinski definition) is 4. The average Bonchev–Trinajstić information content (AvgIpc) is 3.10. The average molecular weight is 369 g/mol. The van der Waals surface area contributed by atoms with E-state index in [0.29, 0.717) is 31.1 Å². The molecule has 1 aliphatic carbocycles. The van der Waals surface area contributed by atoms with Crippen molar-refractivity contribution in [3.8, 4) is 11.5 Å². The quantitative estimate of drug-likeness (QED) is 0.699. The number of methoxy groups -OCH3 is 1. The van der Waals surface area contributed by atoms with Gasteiger partial charge in [-0.05, 0) is 49.6 Å². The number of amides is 1. The van der Waals surface area contributed by atoms with Crippen LogP contribution in [0.2, 0.25) is 0 Å². The van der Waals surface area contributed by atoms with Crippen molar-refractivity contribution in [1.29, 1.82) is 0 Å². The van der Waals surface area contributed by atoms with Gasteiger partial charge in [0.2, 0.25) is 0 Å². The van der Waals surface area contributed by atoms with Gasteiger partial charge in [0, 0.05) is 38.4 Å². The first-order valence-corrected chi connectivity index (χ1v) is 9.39. The first-order chi connectivity index (χ1) is 13.1. The fourth-order valence-electron chi connectivity index (χ4n) is 3.42. The first kappa shape index (κ1) is 19.4. The molecule has 0 fully saturated rings. The molecule has 5 nitrogen and oxygen atoms in total. The lowest BCUT2D eigenvalue weighted by atomic mass is 10.1. The van der Waals surface area contributed by atoms with Crippen molar-refractivity contribution in [2.75, 3.05) is 33.9 Å². The Labute approximate surface area is 160 Å². The van der Waals surface area contributed by atoms with Gasteiger partial charge in [-0.15, -0.1) is 0 Å². The minimum absolute atomic E-state index is 0.0489. The highest BCUT2D eigenvalue weighted by Crippen LogP contribution is 2.40. The number of carbonyl (C=O) groups excluding carboxylic acids is 1. The summed E-state index contributed by atoms with van der Waals surface area (Å²) in [6, 6.07) is 13.4. The molecule has 1 atom stereocenters. The van der Waals surface area contributed by atoms with Crippen LogP contribution in [-0.4, -0.2) is 44.7 Å². The highest BCUT2D eigenvalue weighted by molar-refractivity contribution is 5.94. The molecule has 2 aromatic rings. The van der Waals surface area contributed by atoms with Gasteiger partial charge in [0.05, 0.1) is 12.7 Å². The third-order valence-corrected chi connectivity index (χ3v) is 4.83. The maximum Gasteiger partial charge on any atom is 0.253 e. The molecule has 0 unspecified atom stereocenters. The van der Waals surface area contributed by atoms with E-state index in [1.807, 2.05) is 31.2 Å². The second-order valence-electron chi connectivity index (χ2n) is 6.66. The molecule has 0 bridgehead atoms. The Morgan fingerprint density at radius 3 is 2.81 bits per heavy atom. The van der Waals surface area contributed by atoms with E-state index < -0.39 is 0 Å². The standard InChI is InChI=1S/C22H27NO4/c1-4-26-20-12-11-19-18(20)9-6-10-21(19)27-17-8-5-7-16(15-17)22(24)23(2)13-14-25-3/h5-10,15,20H,4,11-14H2,1-3H3/t20-/m1/s1. The van der Waals surface area contributed by atoms with Crippen LogP contribution in [0.25, 0.3) is 0 Å². The summed E-state index contributed by atoms with van der Waals surface area (Å²) in [5.74, 6) is 1.45. The minimum atomic E-state index is -0.0489. The fraction of sp³-hybridized carbons (Fsp3) is 0.409. The van der Waals surface area contributed by atoms with E-state index in [2.05, 4.69) is 6.07 Å². The Balaban J connectivity index is 1.77. The van der Waals surface area contributed by atoms with Gasteiger partial charge >= 0.3 is 0 Å². The van der Waals surface area contributed by atoms with E-state index in [1.165, 1.54) is 11.1 Å². The Bertz CT molecular complexity index is 790. The zero-order valence-electron chi connectivity index (χ0n) is 16.2. The summed E-state index contributed by atoms with van der Waals surface area (Å²) in [6.45, 7) is 3.78. The number of rotatable bonds is 8. The summed E-state index contributed by atoms with van der Waals surface area (Å²) in [6.07, 6.45) is 2.07. The summed E-state index contributed by atoms with van der Waals surface area (Å²) in [5, 5.41) is 0. The number of carbonyl (C=O) groups is 1. The van der Waals surface area contributed by atoms with Crippen LogP contribution in [-0.2, 0) is 15.9 Å². The molecule has 0 saturated carbocycles. The van der Waals surface area contributed by atoms with Gasteiger partial charge in [-0.1, -0.05) is 18.2 Å². The van der Waals surface area contributed by atoms with E-state index in [1.54, 1.807) is 31.2 Å². The molecule has 0 spiro atoms. The van der Waals surface area contributed by atoms with Crippen molar-refractivity contribution in [3.05, 3.63) is 59.2 Å². The number of benzene rings is 2. The third-order valence-electron chi connectivity index (χ3n) is 4.83. The molecule has 144 valence electrons. The number of nitrogens with zero attached hydrogens (tertiary/aromatic N) is 1. The molecule has 0 aromatic heterocycles. The molecule has 1 aliphatic rings. The van der Waals surface area contributed by atoms with Crippen molar-refractivity contribution in [3.63, 3.8) is 0 Å². The van der Waals surface area contributed by atoms with Gasteiger partial charge < -0.3 is 19.1 Å². The Morgan fingerprint density at radius 1 is 1.22 bits per heavy atom. The van der Waals surface area contributed by atoms with Crippen LogP contribution in [0.3, 0.4) is 0 Å². The summed E-state index contributed by atoms with van der Waals surface area (Å²) in [5.41, 5.74) is 3.01. The van der Waals surface area contributed by atoms with E-state index in [4.69, 9.17) is 14.2 Å². The van der Waals surface area contributed by atoms with Gasteiger partial charge in [0.15, 0.2) is 0 Å². The number of hydrogen-bond donors (Lipinski definition) is 0. The van der Waals surface area contributed by atoms with Crippen molar-refractivity contribution in [2.45, 2.75) is 25.9 Å². The molecule has 0 radical (unpaired) electrons. The van der Waals surface area contributed by atoms with Crippen LogP contribution in [0, 0.1) is 0 Å². The molecule has 0 heterocycles. The topological polar surface area (TPSA) is 48.0 Å². The lowest BCUT2D eigenvalue weighted by molar-refractivity contribution is 0.0640. The summed E-state index contributed by atoms with van der Waals surface area (Å²) < 4.78 is 17.0. The maximum atomic E-state index is 12.6. The first-order valence-electron chi connectivity index (χ1n) is 9.39. The van der Waals surface area contributed by atoms with E-state index in [9.17, 15) is 4.79 Å². The van der Waals surface area contributed by atoms with Crippen molar-refractivity contribution in [2.24, 2.45) is 0 Å². The number of ether oxygens (including phenoxy) is 3. The SMILES string of the molecule is CCO[C@@H]1CCc2c(Oc3cccc(C(=O)N(C)CCOC)c3)cccc21. The molecular formula is C22H27NO4. The number of fused-ring (bicyclic) bond motifs is 1. The van der Waals surface area contributed by atoms with Crippen molar-refractivity contribution < 1.29 is 19.0 Å². The smallest absolute Gasteiger partial charge is 0.253 e. The molecule has 0 aliphatic heterocycles. The van der Waals surface area contributed by atoms with Gasteiger partial charge in [-0.2, -0.15) is 0 Å². The molecule has 27 heavy (non-hydrogen) atoms. The second kappa shape index (κ2) is 9.02. The molecule has 0 saturated heterocycles. The van der Waals surface area contributed by atoms with Crippen molar-refractivity contribution >= 4 is 5.91 Å². The lowest BCUT2D eigenvalue weighted by Gasteiger charge is -2.17. The summed E-state index contributed by atoms with van der Waals surface area (Å²) >= 11 is 0. The monoisotopic (exact) mass is 369 g/mol. The van der Waals surface area contributed by atoms with Gasteiger partial charge in [0.25, 0.3) is 5.91 Å². The van der Waals surface area contributed by atoms with Crippen LogP contribution in [0.1, 0.15) is 40.9 Å². The van der Waals surface area contributed by atoms with E-state index in [0.717, 1.165) is 18.6 Å². The summed E-state index contributed by atoms with van der Waals surface area (Å²) in [7, 11) is 3.40. The van der Waals surface area contributed by atoms with Crippen LogP contribution in [0.4, 0.5) is 0 Å². The third kappa shape index (κ3) is 4.49. The molecule has 1 amide bonds. The molecule has 5 heteroatoms. The number of likely N-dealkylation sites (N-methyl/N-ethyl adjacent to an activating group) is 1. The molecule has 0 N–H and O–H groups in total. The van der Waals surface area contributed by atoms with Crippen LogP contribution in [0.5, 0.6) is 11.5 Å². The fourth-order valence-corrected chi connectivity index (χ4v) is 3.42. The summed E-state index contributed by atoms with van der Waals surface area (Å²) in [4.78, 5) is 14.2. The zero-order chi connectivity index (χ0) is 19.2. The zero-order valence-corrected chi connectivity index (χ0v) is 16.2. The predicted molar refractivity (Wildman–Crippen MR) is 104 cm³/mol. The molecular weight excluding hydrogens is 342 g/mol. The van der Waals surface area contributed by atoms with Crippen LogP contribution in [0.15, 0.2) is 42.5 Å². The highest BCUT2D eigenvalue weighted by Gasteiger charge is 2.25. The minimum Gasteiger partial charge on any atom is -0.457 e. The normalized spacial score (nSPS) is 15.4. The largest absolute Gasteiger partial charge is 0.457 e. The van der Waals surface area contributed by atoms with Gasteiger partial charge in [-0.3, -0.25) is 4.79 Å². The Kier molecular flexibility index (Phi) is 6.48. The van der Waals surface area contributed by atoms with Crippen molar-refractivity contribution in [1.82, 2.24) is 4.90 Å². The molecule has 2 aromatic carbocycles. The highest BCUT2D eigenvalue weighted by atomic mass is 16.5. The van der Waals surface area contributed by atoms with Gasteiger partial charge in [0.1, 0.15) is 11.5 Å². The molecule has 3 rings (SSSR count). The maximum absolute atomic E-state index is 12.6. The van der Waals surface area contributed by atoms with E-state index >= 15 is 0 Å². The predicted octanol–water partition coefficient (Wildman–Crippen LogP) is 4.22. The van der Waals surface area contributed by atoms with Gasteiger partial charge in [-0.25, -0.2) is 0 Å². The second-order valence-corrected chi connectivity index (χ2v) is 6.66. The lowest BCUT2D eigenvalue weighted by Crippen LogP contribution is -2.29. The Hall–Kier alpha value is -2.37.